The quantitative estimate of drug-likeness (QED) is 0.763. The molecule has 0 radical (unpaired) electrons. The van der Waals surface area contributed by atoms with Gasteiger partial charge in [0, 0.05) is 15.7 Å². The first kappa shape index (κ1) is 12.4. The lowest BCUT2D eigenvalue weighted by molar-refractivity contribution is 0.100. The second-order valence-corrected chi connectivity index (χ2v) is 4.71. The molecular formula is C13H12BrN3O. The van der Waals surface area contributed by atoms with Crippen molar-refractivity contribution in [1.82, 2.24) is 0 Å². The maximum absolute atomic E-state index is 11.0. The highest BCUT2D eigenvalue weighted by Crippen LogP contribution is 2.25. The third-order valence-electron chi connectivity index (χ3n) is 2.46. The summed E-state index contributed by atoms with van der Waals surface area (Å²) < 4.78 is 1.00. The number of primary amides is 1. The van der Waals surface area contributed by atoms with E-state index in [-0.39, 0.29) is 0 Å². The minimum absolute atomic E-state index is 0.397. The molecule has 2 aromatic rings. The number of carbonyl (C=O) groups excluding carboxylic acids is 1. The van der Waals surface area contributed by atoms with Crippen LogP contribution in [0, 0.1) is 0 Å². The fraction of sp³-hybridized carbons (Fsp3) is 0. The van der Waals surface area contributed by atoms with Crippen LogP contribution in [-0.2, 0) is 0 Å². The Morgan fingerprint density at radius 2 is 1.78 bits per heavy atom. The molecule has 0 bridgehead atoms. The van der Waals surface area contributed by atoms with E-state index in [0.717, 1.165) is 15.8 Å². The molecule has 0 spiro atoms. The summed E-state index contributed by atoms with van der Waals surface area (Å²) >= 11 is 3.37. The SMILES string of the molecule is NC(=O)c1ccc(Nc2ccc(Br)cc2)c(N)c1. The monoisotopic (exact) mass is 305 g/mol. The number of benzene rings is 2. The average Bonchev–Trinajstić information content (AvgIpc) is 2.34. The predicted octanol–water partition coefficient (Wildman–Crippen LogP) is 2.87. The van der Waals surface area contributed by atoms with Gasteiger partial charge in [-0.3, -0.25) is 4.79 Å². The molecular weight excluding hydrogens is 294 g/mol. The zero-order chi connectivity index (χ0) is 13.1. The van der Waals surface area contributed by atoms with Crippen LogP contribution in [0.25, 0.3) is 0 Å². The summed E-state index contributed by atoms with van der Waals surface area (Å²) in [5.74, 6) is -0.489. The normalized spacial score (nSPS) is 10.1. The maximum atomic E-state index is 11.0. The van der Waals surface area contributed by atoms with E-state index in [1.165, 1.54) is 0 Å². The minimum atomic E-state index is -0.489. The number of carbonyl (C=O) groups is 1. The van der Waals surface area contributed by atoms with Gasteiger partial charge < -0.3 is 16.8 Å². The van der Waals surface area contributed by atoms with Gasteiger partial charge in [-0.15, -0.1) is 0 Å². The molecule has 0 unspecified atom stereocenters. The number of amides is 1. The van der Waals surface area contributed by atoms with Crippen LogP contribution >= 0.6 is 15.9 Å². The number of hydrogen-bond acceptors (Lipinski definition) is 3. The molecule has 2 aromatic carbocycles. The van der Waals surface area contributed by atoms with Crippen molar-refractivity contribution in [3.63, 3.8) is 0 Å². The third kappa shape index (κ3) is 2.81. The van der Waals surface area contributed by atoms with E-state index in [0.29, 0.717) is 11.3 Å². The smallest absolute Gasteiger partial charge is 0.248 e. The number of nitrogen functional groups attached to an aromatic ring is 1. The van der Waals surface area contributed by atoms with Gasteiger partial charge >= 0.3 is 0 Å². The van der Waals surface area contributed by atoms with Crippen LogP contribution in [0.5, 0.6) is 0 Å². The van der Waals surface area contributed by atoms with E-state index < -0.39 is 5.91 Å². The lowest BCUT2D eigenvalue weighted by Gasteiger charge is -2.10. The molecule has 0 aliphatic carbocycles. The Hall–Kier alpha value is -2.01. The number of nitrogens with one attached hydrogen (secondary N) is 1. The lowest BCUT2D eigenvalue weighted by atomic mass is 10.1. The van der Waals surface area contributed by atoms with Crippen molar-refractivity contribution >= 4 is 38.9 Å². The molecule has 0 fully saturated rings. The molecule has 0 aliphatic heterocycles. The van der Waals surface area contributed by atoms with Gasteiger partial charge in [0.05, 0.1) is 11.4 Å². The van der Waals surface area contributed by atoms with Gasteiger partial charge in [-0.2, -0.15) is 0 Å². The number of nitrogens with two attached hydrogens (primary N) is 2. The molecule has 0 aromatic heterocycles. The Kier molecular flexibility index (Phi) is 3.53. The van der Waals surface area contributed by atoms with Crippen LogP contribution in [0.4, 0.5) is 17.1 Å². The lowest BCUT2D eigenvalue weighted by Crippen LogP contribution is -2.11. The molecule has 5 N–H and O–H groups in total. The van der Waals surface area contributed by atoms with Gasteiger partial charge in [0.15, 0.2) is 0 Å². The van der Waals surface area contributed by atoms with Gasteiger partial charge in [0.1, 0.15) is 0 Å². The first-order valence-electron chi connectivity index (χ1n) is 5.28. The van der Waals surface area contributed by atoms with Gasteiger partial charge in [-0.05, 0) is 42.5 Å². The van der Waals surface area contributed by atoms with E-state index in [1.807, 2.05) is 24.3 Å². The second-order valence-electron chi connectivity index (χ2n) is 3.80. The molecule has 5 heteroatoms. The molecule has 0 saturated carbocycles. The molecule has 1 amide bonds. The molecule has 0 saturated heterocycles. The summed E-state index contributed by atoms with van der Waals surface area (Å²) in [6, 6.07) is 12.6. The first-order chi connectivity index (χ1) is 8.56. The Labute approximate surface area is 113 Å². The van der Waals surface area contributed by atoms with Crippen LogP contribution in [-0.4, -0.2) is 5.91 Å². The Morgan fingerprint density at radius 3 is 2.33 bits per heavy atom. The van der Waals surface area contributed by atoms with Crippen molar-refractivity contribution in [2.24, 2.45) is 5.73 Å². The third-order valence-corrected chi connectivity index (χ3v) is 2.99. The fourth-order valence-corrected chi connectivity index (χ4v) is 1.78. The molecule has 0 aliphatic rings. The predicted molar refractivity (Wildman–Crippen MR) is 76.8 cm³/mol. The highest BCUT2D eigenvalue weighted by atomic mass is 79.9. The summed E-state index contributed by atoms with van der Waals surface area (Å²) in [5.41, 5.74) is 13.6. The molecule has 4 nitrogen and oxygen atoms in total. The summed E-state index contributed by atoms with van der Waals surface area (Å²) in [6.07, 6.45) is 0. The van der Waals surface area contributed by atoms with Crippen molar-refractivity contribution in [3.8, 4) is 0 Å². The maximum Gasteiger partial charge on any atom is 0.248 e. The highest BCUT2D eigenvalue weighted by molar-refractivity contribution is 9.10. The van der Waals surface area contributed by atoms with Crippen molar-refractivity contribution in [2.45, 2.75) is 0 Å². The summed E-state index contributed by atoms with van der Waals surface area (Å²) in [5, 5.41) is 3.17. The number of anilines is 3. The number of rotatable bonds is 3. The van der Waals surface area contributed by atoms with Crippen molar-refractivity contribution in [3.05, 3.63) is 52.5 Å². The van der Waals surface area contributed by atoms with E-state index >= 15 is 0 Å². The summed E-state index contributed by atoms with van der Waals surface area (Å²) in [7, 11) is 0. The molecule has 0 atom stereocenters. The highest BCUT2D eigenvalue weighted by Gasteiger charge is 2.05. The van der Waals surface area contributed by atoms with E-state index in [4.69, 9.17) is 11.5 Å². The van der Waals surface area contributed by atoms with Crippen LogP contribution in [0.15, 0.2) is 46.9 Å². The van der Waals surface area contributed by atoms with Gasteiger partial charge in [0.25, 0.3) is 0 Å². The van der Waals surface area contributed by atoms with Gasteiger partial charge in [0.2, 0.25) is 5.91 Å². The zero-order valence-electron chi connectivity index (χ0n) is 9.48. The standard InChI is InChI=1S/C13H12BrN3O/c14-9-2-4-10(5-3-9)17-12-6-1-8(13(16)18)7-11(12)15/h1-7,17H,15H2,(H2,16,18). The summed E-state index contributed by atoms with van der Waals surface area (Å²) in [6.45, 7) is 0. The van der Waals surface area contributed by atoms with Gasteiger partial charge in [-0.1, -0.05) is 15.9 Å². The first-order valence-corrected chi connectivity index (χ1v) is 6.07. The Bertz CT molecular complexity index is 581. The van der Waals surface area contributed by atoms with Crippen molar-refractivity contribution in [1.29, 1.82) is 0 Å². The van der Waals surface area contributed by atoms with E-state index in [1.54, 1.807) is 18.2 Å². The Morgan fingerprint density at radius 1 is 1.11 bits per heavy atom. The van der Waals surface area contributed by atoms with Crippen LogP contribution in [0.2, 0.25) is 0 Å². The molecule has 92 valence electrons. The molecule has 2 rings (SSSR count). The average molecular weight is 306 g/mol. The minimum Gasteiger partial charge on any atom is -0.397 e. The molecule has 0 heterocycles. The van der Waals surface area contributed by atoms with E-state index in [2.05, 4.69) is 21.2 Å². The van der Waals surface area contributed by atoms with Crippen LogP contribution in [0.3, 0.4) is 0 Å². The second kappa shape index (κ2) is 5.10. The van der Waals surface area contributed by atoms with Crippen LogP contribution < -0.4 is 16.8 Å². The van der Waals surface area contributed by atoms with Crippen molar-refractivity contribution in [2.75, 3.05) is 11.1 Å². The Balaban J connectivity index is 2.24. The fourth-order valence-electron chi connectivity index (χ4n) is 1.52. The summed E-state index contributed by atoms with van der Waals surface area (Å²) in [4.78, 5) is 11.0. The van der Waals surface area contributed by atoms with E-state index in [9.17, 15) is 4.79 Å². The largest absolute Gasteiger partial charge is 0.397 e. The number of hydrogen-bond donors (Lipinski definition) is 3. The van der Waals surface area contributed by atoms with Crippen molar-refractivity contribution < 1.29 is 4.79 Å². The zero-order valence-corrected chi connectivity index (χ0v) is 11.1. The molecule has 18 heavy (non-hydrogen) atoms. The van der Waals surface area contributed by atoms with Crippen LogP contribution in [0.1, 0.15) is 10.4 Å². The number of halogens is 1. The topological polar surface area (TPSA) is 81.1 Å². The van der Waals surface area contributed by atoms with Gasteiger partial charge in [-0.25, -0.2) is 0 Å².